The number of amides is 1. The zero-order chi connectivity index (χ0) is 20.5. The minimum atomic E-state index is -0.913. The molecule has 152 valence electrons. The third kappa shape index (κ3) is 9.03. The summed E-state index contributed by atoms with van der Waals surface area (Å²) >= 11 is 2.26. The van der Waals surface area contributed by atoms with Crippen LogP contribution in [0.5, 0.6) is 0 Å². The maximum atomic E-state index is 12.3. The quantitative estimate of drug-likeness (QED) is 0.222. The number of oxime groups is 1. The molecule has 0 aliphatic heterocycles. The molecule has 27 heavy (non-hydrogen) atoms. The van der Waals surface area contributed by atoms with Gasteiger partial charge in [0.25, 0.3) is 5.91 Å². The van der Waals surface area contributed by atoms with Gasteiger partial charge in [-0.2, -0.15) is 0 Å². The standard InChI is InChI=1S/C20H31IN2O4/c1-15(16-7-9-17(21)10-8-16)23-27-14-12-22-18(24)20(4,5)26-13-11-19(2,3)25-6/h7-10H,11-14H2,1-6H3,(H,22,24)/b23-15+. The fourth-order valence-corrected chi connectivity index (χ4v) is 2.39. The minimum Gasteiger partial charge on any atom is -0.394 e. The summed E-state index contributed by atoms with van der Waals surface area (Å²) in [6.07, 6.45) is 0.704. The van der Waals surface area contributed by atoms with Crippen molar-refractivity contribution in [1.82, 2.24) is 5.32 Å². The molecule has 0 aliphatic carbocycles. The SMILES string of the molecule is COC(C)(C)CCOC(C)(C)C(=O)NCCO/N=C(\C)c1ccc(I)cc1. The third-order valence-electron chi connectivity index (χ3n) is 4.21. The molecule has 1 aromatic carbocycles. The van der Waals surface area contributed by atoms with E-state index in [9.17, 15) is 4.79 Å². The number of carbonyl (C=O) groups is 1. The van der Waals surface area contributed by atoms with Gasteiger partial charge in [-0.25, -0.2) is 0 Å². The zero-order valence-corrected chi connectivity index (χ0v) is 19.3. The molecule has 1 N–H and O–H groups in total. The van der Waals surface area contributed by atoms with E-state index in [1.807, 2.05) is 45.0 Å². The van der Waals surface area contributed by atoms with Crippen molar-refractivity contribution >= 4 is 34.2 Å². The monoisotopic (exact) mass is 490 g/mol. The van der Waals surface area contributed by atoms with E-state index < -0.39 is 5.60 Å². The maximum Gasteiger partial charge on any atom is 0.251 e. The predicted molar refractivity (Wildman–Crippen MR) is 116 cm³/mol. The Hall–Kier alpha value is -1.19. The highest BCUT2D eigenvalue weighted by atomic mass is 127. The number of benzene rings is 1. The molecule has 1 rings (SSSR count). The van der Waals surface area contributed by atoms with Crippen molar-refractivity contribution in [2.45, 2.75) is 52.2 Å². The van der Waals surface area contributed by atoms with Gasteiger partial charge in [0.2, 0.25) is 0 Å². The highest BCUT2D eigenvalue weighted by Gasteiger charge is 2.29. The molecule has 0 radical (unpaired) electrons. The highest BCUT2D eigenvalue weighted by Crippen LogP contribution is 2.16. The third-order valence-corrected chi connectivity index (χ3v) is 4.93. The first-order valence-corrected chi connectivity index (χ1v) is 10.1. The first kappa shape index (κ1) is 23.8. The van der Waals surface area contributed by atoms with Gasteiger partial charge in [0, 0.05) is 10.7 Å². The Morgan fingerprint density at radius 1 is 1.15 bits per heavy atom. The molecular formula is C20H31IN2O4. The molecule has 0 unspecified atom stereocenters. The number of rotatable bonds is 11. The van der Waals surface area contributed by atoms with E-state index in [4.69, 9.17) is 14.3 Å². The maximum absolute atomic E-state index is 12.3. The van der Waals surface area contributed by atoms with E-state index in [1.165, 1.54) is 3.57 Å². The van der Waals surface area contributed by atoms with Gasteiger partial charge in [-0.3, -0.25) is 4.79 Å². The van der Waals surface area contributed by atoms with Gasteiger partial charge in [0.05, 0.1) is 24.5 Å². The summed E-state index contributed by atoms with van der Waals surface area (Å²) in [5.41, 5.74) is 0.618. The van der Waals surface area contributed by atoms with Gasteiger partial charge in [-0.15, -0.1) is 0 Å². The molecule has 0 bridgehead atoms. The number of carbonyl (C=O) groups excluding carboxylic acids is 1. The number of ether oxygens (including phenoxy) is 2. The van der Waals surface area contributed by atoms with E-state index >= 15 is 0 Å². The van der Waals surface area contributed by atoms with Gasteiger partial charge in [0.1, 0.15) is 12.2 Å². The van der Waals surface area contributed by atoms with Crippen LogP contribution in [0.3, 0.4) is 0 Å². The molecule has 6 nitrogen and oxygen atoms in total. The summed E-state index contributed by atoms with van der Waals surface area (Å²) in [5, 5.41) is 6.90. The Balaban J connectivity index is 2.32. The molecular weight excluding hydrogens is 459 g/mol. The van der Waals surface area contributed by atoms with Crippen molar-refractivity contribution < 1.29 is 19.1 Å². The van der Waals surface area contributed by atoms with Crippen LogP contribution < -0.4 is 5.32 Å². The van der Waals surface area contributed by atoms with Crippen molar-refractivity contribution in [3.8, 4) is 0 Å². The van der Waals surface area contributed by atoms with Crippen molar-refractivity contribution in [3.63, 3.8) is 0 Å². The lowest BCUT2D eigenvalue weighted by Crippen LogP contribution is -2.45. The van der Waals surface area contributed by atoms with Crippen molar-refractivity contribution in [1.29, 1.82) is 0 Å². The van der Waals surface area contributed by atoms with Crippen LogP contribution in [-0.2, 0) is 19.1 Å². The molecule has 0 heterocycles. The molecule has 0 fully saturated rings. The second kappa shape index (κ2) is 11.0. The molecule has 1 aromatic rings. The van der Waals surface area contributed by atoms with Crippen LogP contribution in [0.4, 0.5) is 0 Å². The Morgan fingerprint density at radius 2 is 1.78 bits per heavy atom. The molecule has 0 atom stereocenters. The lowest BCUT2D eigenvalue weighted by atomic mass is 10.1. The first-order chi connectivity index (χ1) is 12.6. The van der Waals surface area contributed by atoms with Gasteiger partial charge in [0.15, 0.2) is 0 Å². The van der Waals surface area contributed by atoms with Crippen LogP contribution in [0.2, 0.25) is 0 Å². The second-order valence-electron chi connectivity index (χ2n) is 7.35. The lowest BCUT2D eigenvalue weighted by molar-refractivity contribution is -0.145. The van der Waals surface area contributed by atoms with Crippen molar-refractivity contribution in [3.05, 3.63) is 33.4 Å². The smallest absolute Gasteiger partial charge is 0.251 e. The summed E-state index contributed by atoms with van der Waals surface area (Å²) in [5.74, 6) is -0.181. The lowest BCUT2D eigenvalue weighted by Gasteiger charge is -2.28. The number of nitrogens with one attached hydrogen (secondary N) is 1. The van der Waals surface area contributed by atoms with Crippen molar-refractivity contribution in [2.75, 3.05) is 26.9 Å². The summed E-state index contributed by atoms with van der Waals surface area (Å²) in [6, 6.07) is 8.03. The van der Waals surface area contributed by atoms with Crippen LogP contribution in [0.1, 0.15) is 46.6 Å². The summed E-state index contributed by atoms with van der Waals surface area (Å²) in [7, 11) is 1.67. The average Bonchev–Trinajstić information content (AvgIpc) is 2.61. The zero-order valence-electron chi connectivity index (χ0n) is 17.1. The van der Waals surface area contributed by atoms with Gasteiger partial charge >= 0.3 is 0 Å². The highest BCUT2D eigenvalue weighted by molar-refractivity contribution is 14.1. The number of nitrogens with zero attached hydrogens (tertiary/aromatic N) is 1. The number of hydrogen-bond donors (Lipinski definition) is 1. The predicted octanol–water partition coefficient (Wildman–Crippen LogP) is 3.76. The van der Waals surface area contributed by atoms with Crippen LogP contribution in [0.25, 0.3) is 0 Å². The van der Waals surface area contributed by atoms with E-state index in [1.54, 1.807) is 21.0 Å². The Morgan fingerprint density at radius 3 is 2.37 bits per heavy atom. The van der Waals surface area contributed by atoms with Crippen LogP contribution in [-0.4, -0.2) is 49.7 Å². The number of hydrogen-bond acceptors (Lipinski definition) is 5. The molecule has 0 spiro atoms. The van der Waals surface area contributed by atoms with E-state index in [0.29, 0.717) is 26.2 Å². The van der Waals surface area contributed by atoms with E-state index in [-0.39, 0.29) is 11.5 Å². The van der Waals surface area contributed by atoms with Crippen LogP contribution in [0.15, 0.2) is 29.4 Å². The minimum absolute atomic E-state index is 0.181. The Labute approximate surface area is 176 Å². The largest absolute Gasteiger partial charge is 0.394 e. The fraction of sp³-hybridized carbons (Fsp3) is 0.600. The van der Waals surface area contributed by atoms with E-state index in [0.717, 1.165) is 11.3 Å². The summed E-state index contributed by atoms with van der Waals surface area (Å²) in [6.45, 7) is 10.5. The summed E-state index contributed by atoms with van der Waals surface area (Å²) in [4.78, 5) is 17.6. The van der Waals surface area contributed by atoms with Crippen LogP contribution >= 0.6 is 22.6 Å². The van der Waals surface area contributed by atoms with Gasteiger partial charge in [-0.1, -0.05) is 17.3 Å². The van der Waals surface area contributed by atoms with Gasteiger partial charge in [-0.05, 0) is 81.3 Å². The molecule has 1 amide bonds. The molecule has 0 saturated carbocycles. The molecule has 0 aromatic heterocycles. The first-order valence-electron chi connectivity index (χ1n) is 8.97. The topological polar surface area (TPSA) is 69.2 Å². The Bertz CT molecular complexity index is 627. The number of methoxy groups -OCH3 is 1. The number of halogens is 1. The van der Waals surface area contributed by atoms with Crippen molar-refractivity contribution in [2.24, 2.45) is 5.16 Å². The van der Waals surface area contributed by atoms with E-state index in [2.05, 4.69) is 33.1 Å². The molecule has 7 heteroatoms. The normalized spacial score (nSPS) is 12.8. The van der Waals surface area contributed by atoms with Gasteiger partial charge < -0.3 is 19.6 Å². The molecule has 0 aliphatic rings. The Kier molecular flexibility index (Phi) is 9.69. The molecule has 0 saturated heterocycles. The summed E-state index contributed by atoms with van der Waals surface area (Å²) < 4.78 is 12.3. The van der Waals surface area contributed by atoms with Crippen LogP contribution in [0, 0.1) is 3.57 Å². The average molecular weight is 490 g/mol. The fourth-order valence-electron chi connectivity index (χ4n) is 2.03. The second-order valence-corrected chi connectivity index (χ2v) is 8.59.